The molecule has 15 heavy (non-hydrogen) atoms. The molecule has 0 bridgehead atoms. The van der Waals surface area contributed by atoms with Gasteiger partial charge in [0.15, 0.2) is 0 Å². The lowest BCUT2D eigenvalue weighted by atomic mass is 10.1. The van der Waals surface area contributed by atoms with Crippen molar-refractivity contribution in [2.24, 2.45) is 10.9 Å². The molecular weight excluding hydrogens is 182 g/mol. The molecule has 0 aliphatic carbocycles. The molecule has 0 unspecified atom stereocenters. The van der Waals surface area contributed by atoms with E-state index in [4.69, 9.17) is 0 Å². The van der Waals surface area contributed by atoms with Gasteiger partial charge in [-0.2, -0.15) is 0 Å². The van der Waals surface area contributed by atoms with E-state index in [1.54, 1.807) is 6.21 Å². The molecule has 0 aromatic rings. The minimum absolute atomic E-state index is 0.480. The molecule has 92 valence electrons. The zero-order chi connectivity index (χ0) is 13.3. The molecule has 0 heterocycles. The first kappa shape index (κ1) is 23.8. The Kier molecular flexibility index (Phi) is 46.3. The van der Waals surface area contributed by atoms with E-state index in [-0.39, 0.29) is 0 Å². The highest BCUT2D eigenvalue weighted by Gasteiger charge is 1.92. The number of aliphatic imine (C=N–C) groups is 1. The molecule has 0 aromatic carbocycles. The van der Waals surface area contributed by atoms with Crippen molar-refractivity contribution in [1.29, 1.82) is 0 Å². The van der Waals surface area contributed by atoms with Crippen LogP contribution in [0.25, 0.3) is 0 Å². The normalized spacial score (nSPS) is 7.53. The molecule has 0 rings (SSSR count). The van der Waals surface area contributed by atoms with Crippen molar-refractivity contribution in [2.45, 2.75) is 55.4 Å². The van der Waals surface area contributed by atoms with E-state index in [9.17, 15) is 0 Å². The molecule has 0 aliphatic heterocycles. The number of nitrogens with zero attached hydrogens (tertiary/aromatic N) is 1. The van der Waals surface area contributed by atoms with E-state index < -0.39 is 0 Å². The van der Waals surface area contributed by atoms with Crippen molar-refractivity contribution in [3.05, 3.63) is 24.9 Å². The van der Waals surface area contributed by atoms with Gasteiger partial charge in [0.2, 0.25) is 0 Å². The maximum atomic E-state index is 3.83. The van der Waals surface area contributed by atoms with Crippen LogP contribution in [0.4, 0.5) is 0 Å². The highest BCUT2D eigenvalue weighted by atomic mass is 14.7. The molecule has 0 atom stereocenters. The first-order valence-corrected chi connectivity index (χ1v) is 6.01. The van der Waals surface area contributed by atoms with Gasteiger partial charge >= 0.3 is 0 Å². The fourth-order valence-electron chi connectivity index (χ4n) is 0.298. The Morgan fingerprint density at radius 1 is 1.00 bits per heavy atom. The van der Waals surface area contributed by atoms with Gasteiger partial charge in [-0.3, -0.25) is 4.99 Å². The number of allylic oxidation sites excluding steroid dienone is 1. The summed E-state index contributed by atoms with van der Waals surface area (Å²) in [5, 5.41) is 0. The monoisotopic (exact) mass is 213 g/mol. The van der Waals surface area contributed by atoms with Crippen molar-refractivity contribution >= 4 is 6.21 Å². The molecule has 1 heteroatoms. The van der Waals surface area contributed by atoms with Gasteiger partial charge in [0.25, 0.3) is 0 Å². The Bertz CT molecular complexity index is 132. The molecule has 0 aliphatic rings. The maximum Gasteiger partial charge on any atom is 0.0296 e. The topological polar surface area (TPSA) is 12.4 Å². The Morgan fingerprint density at radius 3 is 1.53 bits per heavy atom. The van der Waals surface area contributed by atoms with Crippen molar-refractivity contribution < 1.29 is 0 Å². The van der Waals surface area contributed by atoms with Gasteiger partial charge < -0.3 is 0 Å². The lowest BCUT2D eigenvalue weighted by molar-refractivity contribution is 0.810. The third kappa shape index (κ3) is 32.0. The highest BCUT2D eigenvalue weighted by molar-refractivity contribution is 5.78. The summed E-state index contributed by atoms with van der Waals surface area (Å²) in [6.45, 7) is 23.4. The average Bonchev–Trinajstić information content (AvgIpc) is 2.33. The lowest BCUT2D eigenvalue weighted by Gasteiger charge is -1.99. The first-order chi connectivity index (χ1) is 7.18. The molecular formula is C14H31N. The van der Waals surface area contributed by atoms with E-state index in [2.05, 4.69) is 32.0 Å². The molecule has 0 fully saturated rings. The van der Waals surface area contributed by atoms with Crippen LogP contribution in [-0.2, 0) is 0 Å². The Hall–Kier alpha value is -0.850. The van der Waals surface area contributed by atoms with Crippen molar-refractivity contribution in [2.75, 3.05) is 0 Å². The van der Waals surface area contributed by atoms with Gasteiger partial charge in [-0.05, 0) is 11.5 Å². The molecule has 1 nitrogen and oxygen atoms in total. The SMILES string of the molecule is C=CN=CC(=C)C(C)C.CC.CC.CC. The van der Waals surface area contributed by atoms with E-state index in [0.29, 0.717) is 5.92 Å². The average molecular weight is 213 g/mol. The van der Waals surface area contributed by atoms with Crippen molar-refractivity contribution in [3.63, 3.8) is 0 Å². The minimum Gasteiger partial charge on any atom is -0.265 e. The predicted octanol–water partition coefficient (Wildman–Crippen LogP) is 5.49. The van der Waals surface area contributed by atoms with Crippen LogP contribution in [0.2, 0.25) is 0 Å². The van der Waals surface area contributed by atoms with E-state index >= 15 is 0 Å². The minimum atomic E-state index is 0.480. The summed E-state index contributed by atoms with van der Waals surface area (Å²) in [5.41, 5.74) is 1.04. The lowest BCUT2D eigenvalue weighted by Crippen LogP contribution is -1.91. The Labute approximate surface area is 98.0 Å². The fourth-order valence-corrected chi connectivity index (χ4v) is 0.298. The van der Waals surface area contributed by atoms with E-state index in [0.717, 1.165) is 5.57 Å². The summed E-state index contributed by atoms with van der Waals surface area (Å²) in [6.07, 6.45) is 3.24. The first-order valence-electron chi connectivity index (χ1n) is 6.01. The molecule has 0 aromatic heterocycles. The van der Waals surface area contributed by atoms with Gasteiger partial charge in [-0.25, -0.2) is 0 Å². The standard InChI is InChI=1S/C8H13N.3C2H6/c1-5-9-6-8(4)7(2)3;3*1-2/h5-7H,1,4H2,2-3H3;3*1-2H3. The van der Waals surface area contributed by atoms with Gasteiger partial charge in [-0.15, -0.1) is 0 Å². The second kappa shape index (κ2) is 29.2. The second-order valence-corrected chi connectivity index (χ2v) is 2.19. The predicted molar refractivity (Wildman–Crippen MR) is 76.7 cm³/mol. The van der Waals surface area contributed by atoms with Crippen LogP contribution in [0.5, 0.6) is 0 Å². The molecule has 0 N–H and O–H groups in total. The molecule has 0 amide bonds. The highest BCUT2D eigenvalue weighted by Crippen LogP contribution is 2.02. The second-order valence-electron chi connectivity index (χ2n) is 2.19. The Morgan fingerprint density at radius 2 is 1.33 bits per heavy atom. The van der Waals surface area contributed by atoms with Gasteiger partial charge in [-0.1, -0.05) is 68.5 Å². The molecule has 0 spiro atoms. The largest absolute Gasteiger partial charge is 0.265 e. The van der Waals surface area contributed by atoms with Crippen LogP contribution in [0.15, 0.2) is 29.9 Å². The summed E-state index contributed by atoms with van der Waals surface area (Å²) in [6, 6.07) is 0. The van der Waals surface area contributed by atoms with E-state index in [1.165, 1.54) is 6.20 Å². The van der Waals surface area contributed by atoms with Crippen LogP contribution < -0.4 is 0 Å². The zero-order valence-corrected chi connectivity index (χ0v) is 12.1. The van der Waals surface area contributed by atoms with Crippen molar-refractivity contribution in [3.8, 4) is 0 Å². The quantitative estimate of drug-likeness (QED) is 0.550. The number of hydrogen-bond donors (Lipinski definition) is 0. The summed E-state index contributed by atoms with van der Waals surface area (Å²) in [7, 11) is 0. The van der Waals surface area contributed by atoms with Crippen LogP contribution in [-0.4, -0.2) is 6.21 Å². The third-order valence-electron chi connectivity index (χ3n) is 1.09. The van der Waals surface area contributed by atoms with Crippen LogP contribution >= 0.6 is 0 Å². The number of rotatable bonds is 3. The van der Waals surface area contributed by atoms with E-state index in [1.807, 2.05) is 41.5 Å². The summed E-state index contributed by atoms with van der Waals surface area (Å²) < 4.78 is 0. The molecule has 0 saturated carbocycles. The van der Waals surface area contributed by atoms with Crippen molar-refractivity contribution in [1.82, 2.24) is 0 Å². The summed E-state index contributed by atoms with van der Waals surface area (Å²) in [5.74, 6) is 0.480. The molecule has 0 radical (unpaired) electrons. The maximum absolute atomic E-state index is 3.83. The van der Waals surface area contributed by atoms with Gasteiger partial charge in [0, 0.05) is 12.4 Å². The summed E-state index contributed by atoms with van der Waals surface area (Å²) in [4.78, 5) is 3.83. The van der Waals surface area contributed by atoms with Crippen LogP contribution in [0.1, 0.15) is 55.4 Å². The number of hydrogen-bond acceptors (Lipinski definition) is 1. The van der Waals surface area contributed by atoms with Gasteiger partial charge in [0.05, 0.1) is 0 Å². The smallest absolute Gasteiger partial charge is 0.0296 e. The third-order valence-corrected chi connectivity index (χ3v) is 1.09. The van der Waals surface area contributed by atoms with Crippen LogP contribution in [0, 0.1) is 5.92 Å². The van der Waals surface area contributed by atoms with Crippen LogP contribution in [0.3, 0.4) is 0 Å². The zero-order valence-electron chi connectivity index (χ0n) is 12.1. The molecule has 0 saturated heterocycles. The summed E-state index contributed by atoms with van der Waals surface area (Å²) >= 11 is 0. The fraction of sp³-hybridized carbons (Fsp3) is 0.643. The Balaban J connectivity index is -0.0000000860. The van der Waals surface area contributed by atoms with Gasteiger partial charge in [0.1, 0.15) is 0 Å².